The zero-order valence-electron chi connectivity index (χ0n) is 16.7. The van der Waals surface area contributed by atoms with Gasteiger partial charge in [0.05, 0.1) is 5.69 Å². The number of aliphatic hydroxyl groups is 1. The van der Waals surface area contributed by atoms with E-state index in [1.807, 2.05) is 28.8 Å². The van der Waals surface area contributed by atoms with Gasteiger partial charge in [0, 0.05) is 45.1 Å². The molecule has 0 radical (unpaired) electrons. The van der Waals surface area contributed by atoms with Crippen LogP contribution in [0.1, 0.15) is 45.7 Å². The van der Waals surface area contributed by atoms with Crippen LogP contribution in [0.4, 0.5) is 0 Å². The molecule has 7 heteroatoms. The van der Waals surface area contributed by atoms with Crippen LogP contribution in [-0.2, 0) is 6.42 Å². The van der Waals surface area contributed by atoms with Gasteiger partial charge in [-0.15, -0.1) is 24.0 Å². The second kappa shape index (κ2) is 12.2. The first-order valence-electron chi connectivity index (χ1n) is 9.72. The second-order valence-electron chi connectivity index (χ2n) is 6.75. The van der Waals surface area contributed by atoms with Crippen molar-refractivity contribution < 1.29 is 5.11 Å². The van der Waals surface area contributed by atoms with Crippen LogP contribution in [0, 0.1) is 5.41 Å². The van der Waals surface area contributed by atoms with Crippen LogP contribution in [0.15, 0.2) is 35.6 Å². The maximum atomic E-state index is 9.37. The summed E-state index contributed by atoms with van der Waals surface area (Å²) in [5.74, 6) is 0.834. The predicted octanol–water partition coefficient (Wildman–Crippen LogP) is 3.24. The van der Waals surface area contributed by atoms with Crippen LogP contribution < -0.4 is 10.6 Å². The molecule has 0 amide bonds. The van der Waals surface area contributed by atoms with Crippen molar-refractivity contribution in [3.05, 3.63) is 36.3 Å². The highest BCUT2D eigenvalue weighted by atomic mass is 127. The Kier molecular flexibility index (Phi) is 10.7. The quantitative estimate of drug-likeness (QED) is 0.273. The van der Waals surface area contributed by atoms with Crippen molar-refractivity contribution in [3.63, 3.8) is 0 Å². The van der Waals surface area contributed by atoms with Crippen LogP contribution in [0.5, 0.6) is 0 Å². The molecule has 0 bridgehead atoms. The molecule has 0 aromatic carbocycles. The molecule has 2 aromatic heterocycles. The molecule has 0 saturated carbocycles. The molecule has 0 aliphatic heterocycles. The van der Waals surface area contributed by atoms with E-state index in [0.29, 0.717) is 0 Å². The minimum Gasteiger partial charge on any atom is -0.396 e. The number of hydrogen-bond acceptors (Lipinski definition) is 3. The molecule has 27 heavy (non-hydrogen) atoms. The van der Waals surface area contributed by atoms with E-state index in [1.165, 1.54) is 0 Å². The zero-order valence-corrected chi connectivity index (χ0v) is 19.1. The smallest absolute Gasteiger partial charge is 0.191 e. The van der Waals surface area contributed by atoms with Gasteiger partial charge in [-0.3, -0.25) is 4.99 Å². The lowest BCUT2D eigenvalue weighted by molar-refractivity contribution is 0.175. The molecule has 6 nitrogen and oxygen atoms in total. The highest BCUT2D eigenvalue weighted by Crippen LogP contribution is 2.30. The number of nitrogens with one attached hydrogen (secondary N) is 2. The summed E-state index contributed by atoms with van der Waals surface area (Å²) >= 11 is 0. The van der Waals surface area contributed by atoms with E-state index >= 15 is 0 Å². The molecule has 0 saturated heterocycles. The van der Waals surface area contributed by atoms with Gasteiger partial charge in [0.1, 0.15) is 5.65 Å². The van der Waals surface area contributed by atoms with Crippen molar-refractivity contribution in [2.75, 3.05) is 26.2 Å². The van der Waals surface area contributed by atoms with Crippen LogP contribution in [0.3, 0.4) is 0 Å². The first-order chi connectivity index (χ1) is 12.7. The van der Waals surface area contributed by atoms with Gasteiger partial charge in [-0.05, 0) is 43.7 Å². The van der Waals surface area contributed by atoms with Gasteiger partial charge >= 0.3 is 0 Å². The largest absolute Gasteiger partial charge is 0.396 e. The van der Waals surface area contributed by atoms with E-state index in [0.717, 1.165) is 62.6 Å². The number of halogens is 1. The van der Waals surface area contributed by atoms with Gasteiger partial charge in [-0.25, -0.2) is 4.98 Å². The van der Waals surface area contributed by atoms with Gasteiger partial charge in [-0.1, -0.05) is 19.9 Å². The fourth-order valence-electron chi connectivity index (χ4n) is 3.15. The van der Waals surface area contributed by atoms with Crippen molar-refractivity contribution in [1.29, 1.82) is 0 Å². The molecule has 0 aliphatic rings. The predicted molar refractivity (Wildman–Crippen MR) is 123 cm³/mol. The molecular formula is C20H34IN5O. The van der Waals surface area contributed by atoms with E-state index in [9.17, 15) is 5.11 Å². The summed E-state index contributed by atoms with van der Waals surface area (Å²) < 4.78 is 2.04. The molecule has 0 aliphatic carbocycles. The molecular weight excluding hydrogens is 453 g/mol. The second-order valence-corrected chi connectivity index (χ2v) is 6.75. The van der Waals surface area contributed by atoms with E-state index in [-0.39, 0.29) is 36.0 Å². The van der Waals surface area contributed by atoms with Crippen molar-refractivity contribution in [2.45, 2.75) is 46.5 Å². The third kappa shape index (κ3) is 6.95. The fraction of sp³-hybridized carbons (Fsp3) is 0.600. The Labute approximate surface area is 179 Å². The Morgan fingerprint density at radius 1 is 1.22 bits per heavy atom. The normalized spacial score (nSPS) is 12.1. The van der Waals surface area contributed by atoms with Gasteiger partial charge in [0.2, 0.25) is 0 Å². The Morgan fingerprint density at radius 2 is 2.00 bits per heavy atom. The van der Waals surface area contributed by atoms with Crippen molar-refractivity contribution in [3.8, 4) is 0 Å². The lowest BCUT2D eigenvalue weighted by Crippen LogP contribution is -2.39. The molecule has 0 atom stereocenters. The lowest BCUT2D eigenvalue weighted by Gasteiger charge is -2.29. The standard InChI is InChI=1S/C20H33N5O.HI/c1-4-20(5-2,11-14-26)16-23-19(21-6-3)22-12-10-17-15-25-13-8-7-9-18(25)24-17;/h7-9,13,15,26H,4-6,10-12,14,16H2,1-3H3,(H2,21,22,23);1H. The van der Waals surface area contributed by atoms with Crippen molar-refractivity contribution >= 4 is 35.6 Å². The summed E-state index contributed by atoms with van der Waals surface area (Å²) in [6.45, 7) is 8.97. The topological polar surface area (TPSA) is 74.0 Å². The Hall–Kier alpha value is -1.35. The molecule has 2 rings (SSSR count). The van der Waals surface area contributed by atoms with Crippen LogP contribution in [0.25, 0.3) is 5.65 Å². The monoisotopic (exact) mass is 487 g/mol. The number of aliphatic imine (C=N–C) groups is 1. The number of hydrogen-bond donors (Lipinski definition) is 3. The van der Waals surface area contributed by atoms with E-state index in [1.54, 1.807) is 0 Å². The lowest BCUT2D eigenvalue weighted by atomic mass is 9.79. The number of nitrogens with zero attached hydrogens (tertiary/aromatic N) is 3. The van der Waals surface area contributed by atoms with Gasteiger partial charge in [0.25, 0.3) is 0 Å². The first-order valence-corrected chi connectivity index (χ1v) is 9.72. The summed E-state index contributed by atoms with van der Waals surface area (Å²) in [5.41, 5.74) is 2.12. The fourth-order valence-corrected chi connectivity index (χ4v) is 3.15. The van der Waals surface area contributed by atoms with Crippen LogP contribution >= 0.6 is 24.0 Å². The Morgan fingerprint density at radius 3 is 2.63 bits per heavy atom. The summed E-state index contributed by atoms with van der Waals surface area (Å²) in [6, 6.07) is 6.02. The van der Waals surface area contributed by atoms with Gasteiger partial charge in [-0.2, -0.15) is 0 Å². The number of fused-ring (bicyclic) bond motifs is 1. The summed E-state index contributed by atoms with van der Waals surface area (Å²) in [5, 5.41) is 16.1. The van der Waals surface area contributed by atoms with Gasteiger partial charge in [0.15, 0.2) is 5.96 Å². The minimum absolute atomic E-state index is 0. The molecule has 3 N–H and O–H groups in total. The third-order valence-electron chi connectivity index (χ3n) is 5.15. The van der Waals surface area contributed by atoms with Crippen LogP contribution in [-0.4, -0.2) is 46.7 Å². The highest BCUT2D eigenvalue weighted by Gasteiger charge is 2.25. The Balaban J connectivity index is 0.00000364. The molecule has 0 unspecified atom stereocenters. The number of rotatable bonds is 10. The first kappa shape index (κ1) is 23.7. The number of pyridine rings is 1. The molecule has 0 fully saturated rings. The molecule has 0 spiro atoms. The molecule has 2 heterocycles. The van der Waals surface area contributed by atoms with Crippen molar-refractivity contribution in [1.82, 2.24) is 20.0 Å². The zero-order chi connectivity index (χ0) is 18.8. The van der Waals surface area contributed by atoms with Crippen LogP contribution in [0.2, 0.25) is 0 Å². The number of imidazole rings is 1. The maximum absolute atomic E-state index is 9.37. The molecule has 2 aromatic rings. The molecule has 152 valence electrons. The Bertz CT molecular complexity index is 663. The van der Waals surface area contributed by atoms with Gasteiger partial charge < -0.3 is 20.1 Å². The average Bonchev–Trinajstić information content (AvgIpc) is 3.08. The van der Waals surface area contributed by atoms with E-state index in [2.05, 4.69) is 42.6 Å². The number of guanidine groups is 1. The summed E-state index contributed by atoms with van der Waals surface area (Å²) in [4.78, 5) is 9.40. The highest BCUT2D eigenvalue weighted by molar-refractivity contribution is 14.0. The van der Waals surface area contributed by atoms with Crippen molar-refractivity contribution in [2.24, 2.45) is 10.4 Å². The minimum atomic E-state index is 0. The maximum Gasteiger partial charge on any atom is 0.191 e. The van der Waals surface area contributed by atoms with E-state index < -0.39 is 0 Å². The SMILES string of the molecule is CCNC(=NCC(CC)(CC)CCO)NCCc1cn2ccccc2n1.I. The van der Waals surface area contributed by atoms with E-state index in [4.69, 9.17) is 4.99 Å². The third-order valence-corrected chi connectivity index (χ3v) is 5.15. The summed E-state index contributed by atoms with van der Waals surface area (Å²) in [7, 11) is 0. The average molecular weight is 487 g/mol. The number of aromatic nitrogens is 2. The number of aliphatic hydroxyl groups excluding tert-OH is 1. The summed E-state index contributed by atoms with van der Waals surface area (Å²) in [6.07, 6.45) is 7.77.